The molecule has 0 spiro atoms. The normalized spacial score (nSPS) is 53.6. The minimum Gasteiger partial charge on any atom is -0.432 e. The van der Waals surface area contributed by atoms with Crippen LogP contribution >= 0.6 is 0 Å². The summed E-state index contributed by atoms with van der Waals surface area (Å²) in [5.41, 5.74) is -3.74. The van der Waals surface area contributed by atoms with Gasteiger partial charge < -0.3 is 129 Å². The number of ketones is 1. The largest absolute Gasteiger partial charge is 0.432 e. The Bertz CT molecular complexity index is 2490. The lowest BCUT2D eigenvalue weighted by Crippen LogP contribution is -2.67. The van der Waals surface area contributed by atoms with Crippen molar-refractivity contribution < 1.29 is 139 Å². The van der Waals surface area contributed by atoms with Gasteiger partial charge in [-0.15, -0.1) is 0 Å². The Morgan fingerprint density at radius 1 is 0.517 bits per heavy atom. The SMILES string of the molecule is CC1OC(OC2C(OC3CCC4(C)C(CCC5(C)C4CCC4=C6C(=O)C(C)(CO)CCC6(C(=O)OC6OC(CO)C(O)C(O)C6O)CCC45C)C3(C)C)OCC(O)C2OC2OC(CO)C(O)C(O)C2OC2OC(CO)C(O)C(O)C2O)C(O)C(O)C1O. The highest BCUT2D eigenvalue weighted by atomic mass is 16.8. The van der Waals surface area contributed by atoms with Crippen LogP contribution in [0.25, 0.3) is 0 Å². The van der Waals surface area contributed by atoms with Crippen LogP contribution < -0.4 is 0 Å². The number of Topliss-reactive ketones (excluding diaryl/α,β-unsaturated/α-hetero) is 1. The Balaban J connectivity index is 0.932. The van der Waals surface area contributed by atoms with E-state index in [1.807, 2.05) is 0 Å². The average Bonchev–Trinajstić information content (AvgIpc) is 0.677. The minimum absolute atomic E-state index is 0.0364. The van der Waals surface area contributed by atoms with Crippen LogP contribution in [-0.2, 0) is 57.0 Å². The zero-order chi connectivity index (χ0) is 63.6. The van der Waals surface area contributed by atoms with E-state index in [-0.39, 0.29) is 42.3 Å². The number of aliphatic hydroxyl groups is 16. The van der Waals surface area contributed by atoms with E-state index in [2.05, 4.69) is 34.6 Å². The molecule has 5 aliphatic heterocycles. The van der Waals surface area contributed by atoms with Crippen molar-refractivity contribution in [1.82, 2.24) is 0 Å². The average molecular weight is 1250 g/mol. The summed E-state index contributed by atoms with van der Waals surface area (Å²) in [5.74, 6) is -1.19. The smallest absolute Gasteiger partial charge is 0.319 e. The molecule has 10 rings (SSSR count). The first-order chi connectivity index (χ1) is 40.8. The number of fused-ring (bicyclic) bond motifs is 6. The van der Waals surface area contributed by atoms with Gasteiger partial charge in [0.1, 0.15) is 110 Å². The van der Waals surface area contributed by atoms with Crippen molar-refractivity contribution in [2.45, 2.75) is 266 Å². The predicted octanol–water partition coefficient (Wildman–Crippen LogP) is -4.25. The van der Waals surface area contributed by atoms with Crippen LogP contribution in [0.15, 0.2) is 11.1 Å². The highest BCUT2D eigenvalue weighted by Gasteiger charge is 2.71. The third-order valence-corrected chi connectivity index (χ3v) is 23.2. The number of esters is 1. The second kappa shape index (κ2) is 25.0. The Hall–Kier alpha value is -2.12. The molecule has 87 heavy (non-hydrogen) atoms. The van der Waals surface area contributed by atoms with E-state index >= 15 is 4.79 Å². The number of ether oxygens (including phenoxy) is 10. The lowest BCUT2D eigenvalue weighted by Gasteiger charge is -2.71. The summed E-state index contributed by atoms with van der Waals surface area (Å²) in [6.45, 7) is 10.6. The van der Waals surface area contributed by atoms with Crippen molar-refractivity contribution in [3.63, 3.8) is 0 Å². The van der Waals surface area contributed by atoms with Crippen molar-refractivity contribution in [3.8, 4) is 0 Å². The van der Waals surface area contributed by atoms with Gasteiger partial charge in [0.05, 0.1) is 56.1 Å². The van der Waals surface area contributed by atoms with Gasteiger partial charge in [0, 0.05) is 5.57 Å². The van der Waals surface area contributed by atoms with Crippen LogP contribution in [0.3, 0.4) is 0 Å². The summed E-state index contributed by atoms with van der Waals surface area (Å²) >= 11 is 0. The summed E-state index contributed by atoms with van der Waals surface area (Å²) in [6.07, 6.45) is -37.5. The summed E-state index contributed by atoms with van der Waals surface area (Å²) < 4.78 is 61.1. The third-order valence-electron chi connectivity index (χ3n) is 23.2. The molecule has 32 atom stereocenters. The van der Waals surface area contributed by atoms with Gasteiger partial charge in [-0.1, -0.05) is 47.1 Å². The second-order valence-electron chi connectivity index (χ2n) is 28.2. The van der Waals surface area contributed by atoms with Gasteiger partial charge in [-0.25, -0.2) is 0 Å². The molecule has 498 valence electrons. The van der Waals surface area contributed by atoms with Crippen LogP contribution in [0.5, 0.6) is 0 Å². The highest BCUT2D eigenvalue weighted by molar-refractivity contribution is 6.08. The fourth-order valence-corrected chi connectivity index (χ4v) is 17.5. The van der Waals surface area contributed by atoms with E-state index in [9.17, 15) is 86.5 Å². The van der Waals surface area contributed by atoms with Crippen molar-refractivity contribution in [3.05, 3.63) is 11.1 Å². The Kier molecular flexibility index (Phi) is 19.5. The molecule has 0 bridgehead atoms. The first-order valence-electron chi connectivity index (χ1n) is 30.8. The standard InChI is InChI=1S/C59H94O28/c1-23-33(65)37(69)41(73)48(79-23)86-46-44(84-52-45(40(72)36(68)28(20-62)82-52)85-49-42(74)38(70)34(66)26(18-60)80-49)25(64)21-78-51(46)83-31-11-12-56(5)29(54(31,2)3)10-13-58(7)30(56)9-8-24-32-47(76)55(4,22-63)14-16-59(32,17-15-57(24,58)6)53(77)87-50-43(75)39(71)35(67)27(19-61)81-50/h23,25-31,33-46,48-52,60-75H,8-22H2,1-7H3. The van der Waals surface area contributed by atoms with Gasteiger partial charge in [-0.3, -0.25) is 9.59 Å². The van der Waals surface area contributed by atoms with E-state index in [4.69, 9.17) is 47.4 Å². The highest BCUT2D eigenvalue weighted by Crippen LogP contribution is 2.76. The fraction of sp³-hybridized carbons (Fsp3) is 0.932. The van der Waals surface area contributed by atoms with Crippen molar-refractivity contribution in [1.29, 1.82) is 0 Å². The number of allylic oxidation sites excluding steroid dienone is 1. The van der Waals surface area contributed by atoms with E-state index in [0.717, 1.165) is 5.57 Å². The molecule has 5 heterocycles. The Morgan fingerprint density at radius 3 is 1.66 bits per heavy atom. The number of hydrogen-bond acceptors (Lipinski definition) is 28. The molecule has 0 aromatic carbocycles. The Morgan fingerprint density at radius 2 is 1.05 bits per heavy atom. The molecular weight excluding hydrogens is 1160 g/mol. The van der Waals surface area contributed by atoms with Gasteiger partial charge in [0.15, 0.2) is 30.9 Å². The lowest BCUT2D eigenvalue weighted by molar-refractivity contribution is -0.401. The molecule has 0 amide bonds. The predicted molar refractivity (Wildman–Crippen MR) is 290 cm³/mol. The van der Waals surface area contributed by atoms with Crippen LogP contribution in [-0.4, -0.2) is 280 Å². The monoisotopic (exact) mass is 1250 g/mol. The van der Waals surface area contributed by atoms with E-state index < -0.39 is 220 Å². The summed E-state index contributed by atoms with van der Waals surface area (Å²) in [6, 6.07) is 0. The van der Waals surface area contributed by atoms with Crippen molar-refractivity contribution in [2.75, 3.05) is 33.0 Å². The number of hydrogen-bond donors (Lipinski definition) is 16. The summed E-state index contributed by atoms with van der Waals surface area (Å²) in [5, 5.41) is 172. The summed E-state index contributed by atoms with van der Waals surface area (Å²) in [7, 11) is 0. The lowest BCUT2D eigenvalue weighted by atomic mass is 9.34. The molecule has 5 aliphatic carbocycles. The number of aliphatic hydroxyl groups excluding tert-OH is 16. The molecule has 16 N–H and O–H groups in total. The van der Waals surface area contributed by atoms with E-state index in [1.54, 1.807) is 6.92 Å². The minimum atomic E-state index is -2.00. The quantitative estimate of drug-likeness (QED) is 0.0579. The van der Waals surface area contributed by atoms with Gasteiger partial charge in [-0.2, -0.15) is 0 Å². The summed E-state index contributed by atoms with van der Waals surface area (Å²) in [4.78, 5) is 30.0. The molecule has 5 saturated heterocycles. The number of rotatable bonds is 14. The molecular formula is C59H94O28. The first-order valence-corrected chi connectivity index (χ1v) is 30.8. The maximum Gasteiger partial charge on any atom is 0.319 e. The van der Waals surface area contributed by atoms with E-state index in [1.165, 1.54) is 6.92 Å². The number of carbonyl (C=O) groups is 2. The van der Waals surface area contributed by atoms with Crippen LogP contribution in [0, 0.1) is 44.3 Å². The molecule has 28 nitrogen and oxygen atoms in total. The molecule has 9 fully saturated rings. The molecule has 0 radical (unpaired) electrons. The molecule has 28 heteroatoms. The fourth-order valence-electron chi connectivity index (χ4n) is 17.5. The topological polar surface area (TPSA) is 450 Å². The maximum atomic E-state index is 15.1. The maximum absolute atomic E-state index is 15.1. The van der Waals surface area contributed by atoms with Gasteiger partial charge in [0.25, 0.3) is 0 Å². The van der Waals surface area contributed by atoms with Gasteiger partial charge in [0.2, 0.25) is 6.29 Å². The molecule has 10 aliphatic rings. The molecule has 32 unspecified atom stereocenters. The molecule has 4 saturated carbocycles. The van der Waals surface area contributed by atoms with Crippen molar-refractivity contribution in [2.24, 2.45) is 44.3 Å². The zero-order valence-corrected chi connectivity index (χ0v) is 50.2. The van der Waals surface area contributed by atoms with Crippen LogP contribution in [0.2, 0.25) is 0 Å². The van der Waals surface area contributed by atoms with E-state index in [0.29, 0.717) is 50.5 Å². The van der Waals surface area contributed by atoms with Crippen molar-refractivity contribution >= 4 is 11.8 Å². The molecule has 0 aromatic heterocycles. The number of carbonyl (C=O) groups excluding carboxylic acids is 2. The van der Waals surface area contributed by atoms with Crippen LogP contribution in [0.1, 0.15) is 113 Å². The zero-order valence-electron chi connectivity index (χ0n) is 50.2. The van der Waals surface area contributed by atoms with Crippen LogP contribution in [0.4, 0.5) is 0 Å². The van der Waals surface area contributed by atoms with Gasteiger partial charge >= 0.3 is 5.97 Å². The second-order valence-corrected chi connectivity index (χ2v) is 28.2. The molecule has 0 aromatic rings. The Labute approximate surface area is 503 Å². The first kappa shape index (κ1) is 67.8. The van der Waals surface area contributed by atoms with Gasteiger partial charge in [-0.05, 0) is 105 Å². The third kappa shape index (κ3) is 11.0.